The molecule has 1 aliphatic heterocycles. The number of benzene rings is 2. The van der Waals surface area contributed by atoms with Crippen molar-refractivity contribution < 1.29 is 23.9 Å². The fourth-order valence-corrected chi connectivity index (χ4v) is 4.19. The maximum atomic E-state index is 12.5. The molecule has 0 N–H and O–H groups in total. The molecule has 2 aromatic carbocycles. The van der Waals surface area contributed by atoms with Crippen molar-refractivity contribution >= 4 is 46.0 Å². The van der Waals surface area contributed by atoms with Crippen LogP contribution in [-0.2, 0) is 4.79 Å². The summed E-state index contributed by atoms with van der Waals surface area (Å²) in [7, 11) is 0. The molecule has 1 heterocycles. The minimum Gasteiger partial charge on any atom is -0.490 e. The molecule has 3 rings (SSSR count). The van der Waals surface area contributed by atoms with Gasteiger partial charge >= 0.3 is 0 Å². The summed E-state index contributed by atoms with van der Waals surface area (Å²) in [6.45, 7) is 6.84. The van der Waals surface area contributed by atoms with E-state index in [-0.39, 0.29) is 24.8 Å². The van der Waals surface area contributed by atoms with Crippen molar-refractivity contribution in [3.8, 4) is 17.2 Å². The molecule has 1 amide bonds. The zero-order valence-corrected chi connectivity index (χ0v) is 19.5. The second-order valence-electron chi connectivity index (χ2n) is 6.67. The minimum absolute atomic E-state index is 0.00274. The maximum absolute atomic E-state index is 12.5. The lowest BCUT2D eigenvalue weighted by atomic mass is 10.2. The van der Waals surface area contributed by atoms with Crippen molar-refractivity contribution in [3.63, 3.8) is 0 Å². The first-order valence-electron chi connectivity index (χ1n) is 10.1. The van der Waals surface area contributed by atoms with E-state index in [1.165, 1.54) is 40.9 Å². The summed E-state index contributed by atoms with van der Waals surface area (Å²) >= 11 is 6.52. The Kier molecular flexibility index (Phi) is 8.45. The number of rotatable bonds is 11. The molecule has 1 saturated heterocycles. The van der Waals surface area contributed by atoms with Crippen molar-refractivity contribution in [3.05, 3.63) is 75.7 Å². The van der Waals surface area contributed by atoms with Crippen LogP contribution in [0, 0.1) is 10.1 Å². The van der Waals surface area contributed by atoms with Crippen LogP contribution in [0.5, 0.6) is 17.2 Å². The molecule has 0 atom stereocenters. The standard InChI is InChI=1S/C23H22N2O6S2/c1-3-11-24-22(26)21(33-23(24)32)15-16-5-10-19(20(14-16)29-4-2)31-13-12-30-18-8-6-17(7-9-18)25(27)28/h3,5-10,14-15H,1,4,11-13H2,2H3/b21-15+. The molecular formula is C23H22N2O6S2. The van der Waals surface area contributed by atoms with Crippen LogP contribution in [0.1, 0.15) is 12.5 Å². The molecule has 0 aliphatic carbocycles. The summed E-state index contributed by atoms with van der Waals surface area (Å²) in [5.41, 5.74) is 0.787. The molecule has 0 bridgehead atoms. The average molecular weight is 487 g/mol. The minimum atomic E-state index is -0.464. The lowest BCUT2D eigenvalue weighted by Gasteiger charge is -2.13. The predicted molar refractivity (Wildman–Crippen MR) is 132 cm³/mol. The predicted octanol–water partition coefficient (Wildman–Crippen LogP) is 4.84. The summed E-state index contributed by atoms with van der Waals surface area (Å²) < 4.78 is 17.6. The highest BCUT2D eigenvalue weighted by Gasteiger charge is 2.31. The molecule has 33 heavy (non-hydrogen) atoms. The van der Waals surface area contributed by atoms with E-state index in [0.717, 1.165) is 5.56 Å². The number of thioether (sulfide) groups is 1. The largest absolute Gasteiger partial charge is 0.490 e. The highest BCUT2D eigenvalue weighted by molar-refractivity contribution is 8.26. The maximum Gasteiger partial charge on any atom is 0.269 e. The summed E-state index contributed by atoms with van der Waals surface area (Å²) in [4.78, 5) is 24.8. The van der Waals surface area contributed by atoms with Crippen LogP contribution in [0.3, 0.4) is 0 Å². The molecule has 0 spiro atoms. The van der Waals surface area contributed by atoms with E-state index in [4.69, 9.17) is 26.4 Å². The van der Waals surface area contributed by atoms with E-state index >= 15 is 0 Å². The van der Waals surface area contributed by atoms with Gasteiger partial charge in [0.25, 0.3) is 11.6 Å². The Morgan fingerprint density at radius 3 is 2.52 bits per heavy atom. The second kappa shape index (κ2) is 11.5. The molecule has 2 aromatic rings. The molecule has 1 fully saturated rings. The van der Waals surface area contributed by atoms with Crippen LogP contribution < -0.4 is 14.2 Å². The van der Waals surface area contributed by atoms with Crippen LogP contribution in [0.2, 0.25) is 0 Å². The van der Waals surface area contributed by atoms with E-state index in [9.17, 15) is 14.9 Å². The number of non-ortho nitro benzene ring substituents is 1. The summed E-state index contributed by atoms with van der Waals surface area (Å²) in [5.74, 6) is 1.45. The lowest BCUT2D eigenvalue weighted by molar-refractivity contribution is -0.384. The molecule has 8 nitrogen and oxygen atoms in total. The number of carbonyl (C=O) groups is 1. The van der Waals surface area contributed by atoms with Crippen molar-refractivity contribution in [2.24, 2.45) is 0 Å². The molecule has 0 saturated carbocycles. The molecule has 1 aliphatic rings. The summed E-state index contributed by atoms with van der Waals surface area (Å²) in [5, 5.41) is 10.7. The van der Waals surface area contributed by atoms with Crippen LogP contribution in [0.4, 0.5) is 5.69 Å². The molecule has 0 unspecified atom stereocenters. The van der Waals surface area contributed by atoms with Gasteiger partial charge in [0.2, 0.25) is 0 Å². The number of nitro groups is 1. The van der Waals surface area contributed by atoms with Gasteiger partial charge in [0, 0.05) is 18.7 Å². The Balaban J connectivity index is 1.62. The van der Waals surface area contributed by atoms with Gasteiger partial charge in [0.15, 0.2) is 11.5 Å². The number of ether oxygens (including phenoxy) is 3. The van der Waals surface area contributed by atoms with Gasteiger partial charge < -0.3 is 14.2 Å². The lowest BCUT2D eigenvalue weighted by Crippen LogP contribution is -2.27. The fourth-order valence-electron chi connectivity index (χ4n) is 2.92. The second-order valence-corrected chi connectivity index (χ2v) is 8.34. The topological polar surface area (TPSA) is 91.1 Å². The molecule has 0 aromatic heterocycles. The first kappa shape index (κ1) is 24.3. The third-order valence-electron chi connectivity index (χ3n) is 4.41. The van der Waals surface area contributed by atoms with E-state index in [1.54, 1.807) is 24.3 Å². The first-order valence-corrected chi connectivity index (χ1v) is 11.3. The van der Waals surface area contributed by atoms with Gasteiger partial charge in [-0.25, -0.2) is 0 Å². The summed E-state index contributed by atoms with van der Waals surface area (Å²) in [6.07, 6.45) is 3.41. The number of nitro benzene ring substituents is 1. The van der Waals surface area contributed by atoms with Gasteiger partial charge in [-0.1, -0.05) is 36.1 Å². The molecule has 172 valence electrons. The van der Waals surface area contributed by atoms with E-state index < -0.39 is 4.92 Å². The first-order chi connectivity index (χ1) is 15.9. The molecular weight excluding hydrogens is 464 g/mol. The van der Waals surface area contributed by atoms with Crippen molar-refractivity contribution in [1.29, 1.82) is 0 Å². The molecule has 10 heteroatoms. The highest BCUT2D eigenvalue weighted by atomic mass is 32.2. The van der Waals surface area contributed by atoms with Gasteiger partial charge in [-0.15, -0.1) is 6.58 Å². The zero-order chi connectivity index (χ0) is 23.8. The van der Waals surface area contributed by atoms with Gasteiger partial charge in [-0.2, -0.15) is 0 Å². The Morgan fingerprint density at radius 2 is 1.85 bits per heavy atom. The normalized spacial score (nSPS) is 14.5. The number of thiocarbonyl (C=S) groups is 1. The van der Waals surface area contributed by atoms with Gasteiger partial charge in [0.1, 0.15) is 23.3 Å². The smallest absolute Gasteiger partial charge is 0.269 e. The number of amides is 1. The zero-order valence-electron chi connectivity index (χ0n) is 17.9. The quantitative estimate of drug-likeness (QED) is 0.111. The van der Waals surface area contributed by atoms with E-state index in [1.807, 2.05) is 13.0 Å². The van der Waals surface area contributed by atoms with Crippen molar-refractivity contribution in [1.82, 2.24) is 4.90 Å². The Hall–Kier alpha value is -3.37. The van der Waals surface area contributed by atoms with Crippen LogP contribution >= 0.6 is 24.0 Å². The van der Waals surface area contributed by atoms with Crippen LogP contribution in [0.25, 0.3) is 6.08 Å². The van der Waals surface area contributed by atoms with Crippen LogP contribution in [-0.4, -0.2) is 46.4 Å². The Labute approximate surface area is 201 Å². The number of nitrogens with zero attached hydrogens (tertiary/aromatic N) is 2. The Bertz CT molecular complexity index is 1080. The van der Waals surface area contributed by atoms with E-state index in [2.05, 4.69) is 6.58 Å². The molecule has 0 radical (unpaired) electrons. The Morgan fingerprint density at radius 1 is 1.12 bits per heavy atom. The summed E-state index contributed by atoms with van der Waals surface area (Å²) in [6, 6.07) is 11.2. The van der Waals surface area contributed by atoms with Crippen molar-refractivity contribution in [2.45, 2.75) is 6.92 Å². The van der Waals surface area contributed by atoms with Gasteiger partial charge in [-0.3, -0.25) is 19.8 Å². The third kappa shape index (κ3) is 6.33. The van der Waals surface area contributed by atoms with E-state index in [0.29, 0.717) is 39.6 Å². The number of hydrogen-bond donors (Lipinski definition) is 0. The van der Waals surface area contributed by atoms with Gasteiger partial charge in [-0.05, 0) is 42.8 Å². The van der Waals surface area contributed by atoms with Gasteiger partial charge in [0.05, 0.1) is 16.4 Å². The average Bonchev–Trinajstić information content (AvgIpc) is 3.06. The monoisotopic (exact) mass is 486 g/mol. The number of carbonyl (C=O) groups excluding carboxylic acids is 1. The SMILES string of the molecule is C=CCN1C(=O)/C(=C\c2ccc(OCCOc3ccc([N+](=O)[O-])cc3)c(OCC)c2)SC1=S. The fraction of sp³-hybridized carbons (Fsp3) is 0.217. The van der Waals surface area contributed by atoms with Crippen LogP contribution in [0.15, 0.2) is 60.0 Å². The number of hydrogen-bond acceptors (Lipinski definition) is 8. The highest BCUT2D eigenvalue weighted by Crippen LogP contribution is 2.34. The van der Waals surface area contributed by atoms with Crippen molar-refractivity contribution in [2.75, 3.05) is 26.4 Å². The third-order valence-corrected chi connectivity index (χ3v) is 5.79.